The molecule has 0 radical (unpaired) electrons. The molecule has 117 valence electrons. The van der Waals surface area contributed by atoms with E-state index in [1.807, 2.05) is 6.92 Å². The zero-order chi connectivity index (χ0) is 16.8. The van der Waals surface area contributed by atoms with Gasteiger partial charge in [0, 0.05) is 0 Å². The van der Waals surface area contributed by atoms with Crippen molar-refractivity contribution >= 4 is 11.6 Å². The average Bonchev–Trinajstić information content (AvgIpc) is 3.08. The summed E-state index contributed by atoms with van der Waals surface area (Å²) < 4.78 is 6.47. The molecule has 0 spiro atoms. The number of furan rings is 1. The zero-order valence-electron chi connectivity index (χ0n) is 14.2. The predicted molar refractivity (Wildman–Crippen MR) is 95.4 cm³/mol. The Morgan fingerprint density at radius 1 is 0.917 bits per heavy atom. The van der Waals surface area contributed by atoms with Crippen molar-refractivity contribution < 1.29 is 29.1 Å². The van der Waals surface area contributed by atoms with Crippen molar-refractivity contribution in [2.75, 3.05) is 0 Å². The first-order valence-electron chi connectivity index (χ1n) is 8.25. The fourth-order valence-corrected chi connectivity index (χ4v) is 4.65. The van der Waals surface area contributed by atoms with Crippen LogP contribution in [0.15, 0.2) is 52.9 Å². The van der Waals surface area contributed by atoms with Gasteiger partial charge in [0.2, 0.25) is 0 Å². The molecular weight excluding hydrogens is 371 g/mol. The van der Waals surface area contributed by atoms with Gasteiger partial charge >= 0.3 is 159 Å². The third-order valence-corrected chi connectivity index (χ3v) is 6.45. The van der Waals surface area contributed by atoms with E-state index in [4.69, 9.17) is 4.42 Å². The van der Waals surface area contributed by atoms with Crippen molar-refractivity contribution in [3.05, 3.63) is 82.3 Å². The molecule has 24 heavy (non-hydrogen) atoms. The molecule has 1 unspecified atom stereocenters. The van der Waals surface area contributed by atoms with Crippen molar-refractivity contribution in [3.63, 3.8) is 0 Å². The second-order valence-corrected chi connectivity index (χ2v) is 7.93. The third kappa shape index (κ3) is 2.49. The van der Waals surface area contributed by atoms with Crippen LogP contribution in [0.5, 0.6) is 0 Å². The second-order valence-electron chi connectivity index (χ2n) is 6.51. The molecule has 0 saturated heterocycles. The number of rotatable bonds is 2. The Labute approximate surface area is 158 Å². The van der Waals surface area contributed by atoms with E-state index in [1.54, 1.807) is 0 Å². The maximum atomic E-state index is 6.02. The van der Waals surface area contributed by atoms with Crippen LogP contribution in [0.25, 0.3) is 22.8 Å². The number of allylic oxidation sites excluding steroid dienone is 1. The van der Waals surface area contributed by atoms with Crippen LogP contribution < -0.4 is 0 Å². The average molecular weight is 391 g/mol. The van der Waals surface area contributed by atoms with Crippen LogP contribution in [-0.2, 0) is 24.7 Å². The minimum absolute atomic E-state index is 0.445. The van der Waals surface area contributed by atoms with Crippen molar-refractivity contribution in [1.82, 2.24) is 0 Å². The number of aryl methyl sites for hydroxylation is 3. The summed E-state index contributed by atoms with van der Waals surface area (Å²) in [6.45, 7) is 6.36. The van der Waals surface area contributed by atoms with Gasteiger partial charge in [-0.2, -0.15) is 0 Å². The van der Waals surface area contributed by atoms with Gasteiger partial charge < -0.3 is 0 Å². The molecule has 1 aliphatic rings. The first-order chi connectivity index (χ1) is 11.6. The Morgan fingerprint density at radius 3 is 2.33 bits per heavy atom. The Bertz CT molecular complexity index is 928. The van der Waals surface area contributed by atoms with Gasteiger partial charge in [-0.25, -0.2) is 0 Å². The van der Waals surface area contributed by atoms with Crippen molar-refractivity contribution in [2.45, 2.75) is 24.4 Å². The number of fused-ring (bicyclic) bond motifs is 1. The van der Waals surface area contributed by atoms with Gasteiger partial charge in [-0.05, 0) is 0 Å². The molecule has 1 heterocycles. The number of hydrogen-bond acceptors (Lipinski definition) is 1. The van der Waals surface area contributed by atoms with Gasteiger partial charge in [0.05, 0.1) is 0 Å². The van der Waals surface area contributed by atoms with E-state index in [9.17, 15) is 0 Å². The molecule has 4 rings (SSSR count). The standard InChI is InChI=1S/C22H19O.Zr/c1-14-9-10-18-12-19(21-11-15(2)16(3)23-21)13-20(18)22(14)17-7-5-4-6-8-17;/h4-13H,1-3H3;. The molecule has 1 atom stereocenters. The summed E-state index contributed by atoms with van der Waals surface area (Å²) in [4.78, 5) is 0. The molecule has 0 aliphatic heterocycles. The van der Waals surface area contributed by atoms with Crippen LogP contribution in [0.3, 0.4) is 0 Å². The second kappa shape index (κ2) is 6.01. The Balaban J connectivity index is 1.91. The van der Waals surface area contributed by atoms with Gasteiger partial charge in [-0.15, -0.1) is 0 Å². The first kappa shape index (κ1) is 15.8. The minimum atomic E-state index is 0.445. The molecule has 1 aliphatic carbocycles. The summed E-state index contributed by atoms with van der Waals surface area (Å²) in [5, 5.41) is 0. The fraction of sp³-hybridized carbons (Fsp3) is 0.182. The van der Waals surface area contributed by atoms with E-state index in [0.29, 0.717) is 3.63 Å². The van der Waals surface area contributed by atoms with Crippen LogP contribution in [0.4, 0.5) is 0 Å². The monoisotopic (exact) mass is 389 g/mol. The molecule has 0 N–H and O–H groups in total. The molecule has 2 heteroatoms. The van der Waals surface area contributed by atoms with E-state index in [-0.39, 0.29) is 0 Å². The zero-order valence-corrected chi connectivity index (χ0v) is 16.6. The van der Waals surface area contributed by atoms with Gasteiger partial charge in [-0.3, -0.25) is 0 Å². The number of benzene rings is 2. The van der Waals surface area contributed by atoms with Crippen LogP contribution in [-0.4, -0.2) is 0 Å². The Morgan fingerprint density at radius 2 is 1.67 bits per heavy atom. The van der Waals surface area contributed by atoms with E-state index < -0.39 is 0 Å². The summed E-state index contributed by atoms with van der Waals surface area (Å²) in [6.07, 6.45) is 2.35. The maximum absolute atomic E-state index is 6.02. The summed E-state index contributed by atoms with van der Waals surface area (Å²) >= 11 is 1.50. The van der Waals surface area contributed by atoms with Gasteiger partial charge in [0.1, 0.15) is 0 Å². The van der Waals surface area contributed by atoms with Crippen molar-refractivity contribution in [2.24, 2.45) is 0 Å². The first-order valence-corrected chi connectivity index (χ1v) is 9.67. The van der Waals surface area contributed by atoms with E-state index in [0.717, 1.165) is 11.5 Å². The molecular formula is C22H19OZr. The number of hydrogen-bond donors (Lipinski definition) is 0. The van der Waals surface area contributed by atoms with E-state index >= 15 is 0 Å². The third-order valence-electron chi connectivity index (χ3n) is 4.92. The van der Waals surface area contributed by atoms with E-state index in [1.165, 1.54) is 63.7 Å². The molecule has 0 fully saturated rings. The molecule has 0 bridgehead atoms. The van der Waals surface area contributed by atoms with E-state index in [2.05, 4.69) is 68.5 Å². The van der Waals surface area contributed by atoms with Crippen molar-refractivity contribution in [3.8, 4) is 11.1 Å². The van der Waals surface area contributed by atoms with Gasteiger partial charge in [0.15, 0.2) is 0 Å². The molecule has 1 nitrogen and oxygen atoms in total. The SMILES string of the molecule is Cc1cc(C2=Cc3c(ccc(C)c3-c3ccccc3)[CH]2[Zr])oc1C. The molecule has 0 amide bonds. The predicted octanol–water partition coefficient (Wildman–Crippen LogP) is 6.01. The molecule has 0 saturated carbocycles. The van der Waals surface area contributed by atoms with Crippen molar-refractivity contribution in [1.29, 1.82) is 0 Å². The van der Waals surface area contributed by atoms with Gasteiger partial charge in [0.25, 0.3) is 0 Å². The molecule has 1 aromatic heterocycles. The normalized spacial score (nSPS) is 16.1. The summed E-state index contributed by atoms with van der Waals surface area (Å²) in [5.74, 6) is 2.05. The van der Waals surface area contributed by atoms with Crippen LogP contribution >= 0.6 is 0 Å². The summed E-state index contributed by atoms with van der Waals surface area (Å²) in [7, 11) is 0. The van der Waals surface area contributed by atoms with Gasteiger partial charge in [-0.1, -0.05) is 0 Å². The Hall–Kier alpha value is -1.66. The topological polar surface area (TPSA) is 13.1 Å². The molecule has 3 aromatic rings. The van der Waals surface area contributed by atoms with Crippen LogP contribution in [0.1, 0.15) is 37.4 Å². The quantitative estimate of drug-likeness (QED) is 0.522. The fourth-order valence-electron chi connectivity index (χ4n) is 3.48. The molecule has 2 aromatic carbocycles. The summed E-state index contributed by atoms with van der Waals surface area (Å²) in [6, 6.07) is 17.4. The van der Waals surface area contributed by atoms with Crippen LogP contribution in [0, 0.1) is 20.8 Å². The summed E-state index contributed by atoms with van der Waals surface area (Å²) in [5.41, 5.74) is 9.32. The Kier molecular flexibility index (Phi) is 3.97. The van der Waals surface area contributed by atoms with Crippen LogP contribution in [0.2, 0.25) is 0 Å².